The van der Waals surface area contributed by atoms with Crippen molar-refractivity contribution in [3.63, 3.8) is 0 Å². The Kier molecular flexibility index (Phi) is 5.12. The molecule has 1 aromatic carbocycles. The van der Waals surface area contributed by atoms with Crippen LogP contribution in [-0.4, -0.2) is 36.5 Å². The van der Waals surface area contributed by atoms with E-state index in [2.05, 4.69) is 10.2 Å². The van der Waals surface area contributed by atoms with E-state index in [4.69, 9.17) is 0 Å². The van der Waals surface area contributed by atoms with E-state index in [1.54, 1.807) is 19.1 Å². The van der Waals surface area contributed by atoms with Gasteiger partial charge in [0.25, 0.3) is 5.91 Å². The van der Waals surface area contributed by atoms with Crippen LogP contribution in [0.4, 0.5) is 4.39 Å². The average molecular weight is 278 g/mol. The fourth-order valence-corrected chi connectivity index (χ4v) is 2.70. The Morgan fingerprint density at radius 3 is 2.75 bits per heavy atom. The van der Waals surface area contributed by atoms with Crippen molar-refractivity contribution in [3.8, 4) is 0 Å². The first kappa shape index (κ1) is 15.0. The smallest absolute Gasteiger partial charge is 0.254 e. The maximum Gasteiger partial charge on any atom is 0.254 e. The molecule has 4 heteroatoms. The van der Waals surface area contributed by atoms with Gasteiger partial charge in [-0.15, -0.1) is 0 Å². The highest BCUT2D eigenvalue weighted by molar-refractivity contribution is 5.94. The predicted octanol–water partition coefficient (Wildman–Crippen LogP) is 2.74. The molecular formula is C16H23FN2O. The predicted molar refractivity (Wildman–Crippen MR) is 78.4 cm³/mol. The minimum Gasteiger partial charge on any atom is -0.348 e. The number of aryl methyl sites for hydroxylation is 1. The molecule has 0 radical (unpaired) electrons. The molecule has 1 aromatic rings. The number of hydrogen-bond acceptors (Lipinski definition) is 2. The molecule has 1 aliphatic heterocycles. The molecule has 1 atom stereocenters. The summed E-state index contributed by atoms with van der Waals surface area (Å²) in [6.45, 7) is 6.67. The average Bonchev–Trinajstić information content (AvgIpc) is 2.42. The molecule has 1 heterocycles. The van der Waals surface area contributed by atoms with Crippen LogP contribution in [0.2, 0.25) is 0 Å². The zero-order chi connectivity index (χ0) is 14.5. The normalized spacial score (nSPS) is 17.8. The monoisotopic (exact) mass is 278 g/mol. The summed E-state index contributed by atoms with van der Waals surface area (Å²) < 4.78 is 13.9. The fraction of sp³-hybridized carbons (Fsp3) is 0.562. The van der Waals surface area contributed by atoms with Crippen molar-refractivity contribution in [2.75, 3.05) is 19.6 Å². The number of likely N-dealkylation sites (tertiary alicyclic amines) is 1. The van der Waals surface area contributed by atoms with Gasteiger partial charge in [-0.1, -0.05) is 18.6 Å². The largest absolute Gasteiger partial charge is 0.348 e. The van der Waals surface area contributed by atoms with Gasteiger partial charge in [-0.2, -0.15) is 0 Å². The third-order valence-corrected chi connectivity index (χ3v) is 3.79. The van der Waals surface area contributed by atoms with Crippen molar-refractivity contribution >= 4 is 5.91 Å². The van der Waals surface area contributed by atoms with E-state index in [-0.39, 0.29) is 17.5 Å². The number of piperidine rings is 1. The second-order valence-corrected chi connectivity index (χ2v) is 5.67. The summed E-state index contributed by atoms with van der Waals surface area (Å²) in [5, 5.41) is 2.89. The first-order valence-corrected chi connectivity index (χ1v) is 7.36. The lowest BCUT2D eigenvalue weighted by molar-refractivity contribution is 0.0921. The number of carbonyl (C=O) groups is 1. The standard InChI is InChI=1S/C16H23FN2O/c1-12-7-6-8-14(15(12)17)16(20)18-13(2)11-19-9-4-3-5-10-19/h6-8,13H,3-5,9-11H2,1-2H3,(H,18,20). The Hall–Kier alpha value is -1.42. The highest BCUT2D eigenvalue weighted by Crippen LogP contribution is 2.12. The molecule has 0 saturated carbocycles. The lowest BCUT2D eigenvalue weighted by Gasteiger charge is -2.29. The molecule has 110 valence electrons. The van der Waals surface area contributed by atoms with Gasteiger partial charge in [-0.05, 0) is 51.4 Å². The van der Waals surface area contributed by atoms with Crippen LogP contribution in [0.3, 0.4) is 0 Å². The number of carbonyl (C=O) groups excluding carboxylic acids is 1. The zero-order valence-corrected chi connectivity index (χ0v) is 12.3. The summed E-state index contributed by atoms with van der Waals surface area (Å²) in [7, 11) is 0. The van der Waals surface area contributed by atoms with Crippen molar-refractivity contribution in [3.05, 3.63) is 35.1 Å². The molecule has 1 amide bonds. The number of nitrogens with zero attached hydrogens (tertiary/aromatic N) is 1. The SMILES string of the molecule is Cc1cccc(C(=O)NC(C)CN2CCCCC2)c1F. The van der Waals surface area contributed by atoms with Gasteiger partial charge in [0.05, 0.1) is 5.56 Å². The van der Waals surface area contributed by atoms with Crippen LogP contribution in [-0.2, 0) is 0 Å². The number of hydrogen-bond donors (Lipinski definition) is 1. The minimum absolute atomic E-state index is 0.0283. The van der Waals surface area contributed by atoms with Gasteiger partial charge in [0, 0.05) is 12.6 Å². The molecule has 0 aliphatic carbocycles. The Bertz CT molecular complexity index is 470. The number of rotatable bonds is 4. The summed E-state index contributed by atoms with van der Waals surface area (Å²) in [6, 6.07) is 4.94. The number of halogens is 1. The molecule has 0 bridgehead atoms. The summed E-state index contributed by atoms with van der Waals surface area (Å²) in [4.78, 5) is 14.5. The van der Waals surface area contributed by atoms with Crippen LogP contribution in [0, 0.1) is 12.7 Å². The first-order valence-electron chi connectivity index (χ1n) is 7.36. The van der Waals surface area contributed by atoms with E-state index < -0.39 is 5.82 Å². The highest BCUT2D eigenvalue weighted by Gasteiger charge is 2.18. The van der Waals surface area contributed by atoms with Gasteiger partial charge < -0.3 is 10.2 Å². The summed E-state index contributed by atoms with van der Waals surface area (Å²) >= 11 is 0. The van der Waals surface area contributed by atoms with E-state index in [1.807, 2.05) is 6.92 Å². The molecule has 0 aromatic heterocycles. The second-order valence-electron chi connectivity index (χ2n) is 5.67. The van der Waals surface area contributed by atoms with E-state index >= 15 is 0 Å². The highest BCUT2D eigenvalue weighted by atomic mass is 19.1. The van der Waals surface area contributed by atoms with E-state index in [9.17, 15) is 9.18 Å². The van der Waals surface area contributed by atoms with Gasteiger partial charge in [0.15, 0.2) is 0 Å². The fourth-order valence-electron chi connectivity index (χ4n) is 2.70. The maximum atomic E-state index is 13.9. The van der Waals surface area contributed by atoms with Crippen LogP contribution >= 0.6 is 0 Å². The Morgan fingerprint density at radius 1 is 1.35 bits per heavy atom. The van der Waals surface area contributed by atoms with Crippen molar-refractivity contribution in [2.45, 2.75) is 39.2 Å². The molecule has 1 unspecified atom stereocenters. The lowest BCUT2D eigenvalue weighted by Crippen LogP contribution is -2.43. The summed E-state index contributed by atoms with van der Waals surface area (Å²) in [5.74, 6) is -0.745. The summed E-state index contributed by atoms with van der Waals surface area (Å²) in [5.41, 5.74) is 0.636. The van der Waals surface area contributed by atoms with Crippen molar-refractivity contribution < 1.29 is 9.18 Å². The van der Waals surface area contributed by atoms with Gasteiger partial charge in [-0.25, -0.2) is 4.39 Å². The van der Waals surface area contributed by atoms with Crippen molar-refractivity contribution in [2.24, 2.45) is 0 Å². The molecule has 20 heavy (non-hydrogen) atoms. The first-order chi connectivity index (χ1) is 9.58. The molecule has 3 nitrogen and oxygen atoms in total. The van der Waals surface area contributed by atoms with E-state index in [1.165, 1.54) is 25.3 Å². The molecular weight excluding hydrogens is 255 g/mol. The molecule has 1 N–H and O–H groups in total. The second kappa shape index (κ2) is 6.84. The zero-order valence-electron chi connectivity index (χ0n) is 12.3. The quantitative estimate of drug-likeness (QED) is 0.918. The van der Waals surface area contributed by atoms with Gasteiger partial charge in [-0.3, -0.25) is 4.79 Å². The van der Waals surface area contributed by atoms with Gasteiger partial charge >= 0.3 is 0 Å². The molecule has 0 spiro atoms. The number of amides is 1. The maximum absolute atomic E-state index is 13.9. The Labute approximate surface area is 120 Å². The molecule has 1 fully saturated rings. The van der Waals surface area contributed by atoms with Crippen LogP contribution in [0.15, 0.2) is 18.2 Å². The van der Waals surface area contributed by atoms with Crippen LogP contribution in [0.25, 0.3) is 0 Å². The Morgan fingerprint density at radius 2 is 2.05 bits per heavy atom. The molecule has 1 aliphatic rings. The van der Waals surface area contributed by atoms with E-state index in [0.717, 1.165) is 19.6 Å². The van der Waals surface area contributed by atoms with Gasteiger partial charge in [0.2, 0.25) is 0 Å². The number of benzene rings is 1. The topological polar surface area (TPSA) is 32.3 Å². The molecule has 2 rings (SSSR count). The summed E-state index contributed by atoms with van der Waals surface area (Å²) in [6.07, 6.45) is 3.76. The van der Waals surface area contributed by atoms with Crippen LogP contribution in [0.1, 0.15) is 42.1 Å². The van der Waals surface area contributed by atoms with Crippen molar-refractivity contribution in [1.82, 2.24) is 10.2 Å². The lowest BCUT2D eigenvalue weighted by atomic mass is 10.1. The van der Waals surface area contributed by atoms with Crippen molar-refractivity contribution in [1.29, 1.82) is 0 Å². The third kappa shape index (κ3) is 3.79. The number of nitrogens with one attached hydrogen (secondary N) is 1. The third-order valence-electron chi connectivity index (χ3n) is 3.79. The molecule has 1 saturated heterocycles. The minimum atomic E-state index is -0.421. The van der Waals surface area contributed by atoms with Crippen LogP contribution in [0.5, 0.6) is 0 Å². The van der Waals surface area contributed by atoms with E-state index in [0.29, 0.717) is 5.56 Å². The van der Waals surface area contributed by atoms with Gasteiger partial charge in [0.1, 0.15) is 5.82 Å². The van der Waals surface area contributed by atoms with Crippen LogP contribution < -0.4 is 5.32 Å². The Balaban J connectivity index is 1.91.